The van der Waals surface area contributed by atoms with Gasteiger partial charge in [-0.3, -0.25) is 14.5 Å². The summed E-state index contributed by atoms with van der Waals surface area (Å²) >= 11 is 1.27. The van der Waals surface area contributed by atoms with Gasteiger partial charge in [0.15, 0.2) is 16.7 Å². The summed E-state index contributed by atoms with van der Waals surface area (Å²) in [6.07, 6.45) is 0. The molecule has 0 aliphatic carbocycles. The maximum atomic E-state index is 13.7. The number of carbonyl (C=O) groups excluding carboxylic acids is 2. The molecular formula is C31H24N2O6S. The van der Waals surface area contributed by atoms with Crippen molar-refractivity contribution in [1.82, 2.24) is 4.98 Å². The van der Waals surface area contributed by atoms with Crippen LogP contribution in [0.5, 0.6) is 17.2 Å². The molecule has 0 saturated heterocycles. The SMILES string of the molecule is CCOc1ccc2nc(N3C(=O)C(O)=C(C(=O)c4ccc(C)o4)C3c3cccc(Oc4ccccc4)c3)sc2c1. The van der Waals surface area contributed by atoms with Crippen LogP contribution in [0.1, 0.15) is 34.8 Å². The first-order valence-corrected chi connectivity index (χ1v) is 13.5. The Morgan fingerprint density at radius 2 is 1.80 bits per heavy atom. The van der Waals surface area contributed by atoms with Crippen LogP contribution < -0.4 is 14.4 Å². The van der Waals surface area contributed by atoms with Crippen LogP contribution in [0.4, 0.5) is 5.13 Å². The molecule has 1 aliphatic heterocycles. The van der Waals surface area contributed by atoms with Crippen molar-refractivity contribution in [2.24, 2.45) is 0 Å². The van der Waals surface area contributed by atoms with E-state index >= 15 is 0 Å². The summed E-state index contributed by atoms with van der Waals surface area (Å²) in [7, 11) is 0. The molecule has 2 aromatic heterocycles. The Labute approximate surface area is 233 Å². The summed E-state index contributed by atoms with van der Waals surface area (Å²) in [5.41, 5.74) is 1.13. The Balaban J connectivity index is 1.46. The Hall–Kier alpha value is -4.89. The van der Waals surface area contributed by atoms with Crippen molar-refractivity contribution in [1.29, 1.82) is 0 Å². The molecule has 200 valence electrons. The van der Waals surface area contributed by atoms with Crippen LogP contribution in [0.2, 0.25) is 0 Å². The number of nitrogens with zero attached hydrogens (tertiary/aromatic N) is 2. The lowest BCUT2D eigenvalue weighted by molar-refractivity contribution is -0.117. The van der Waals surface area contributed by atoms with E-state index in [4.69, 9.17) is 13.9 Å². The van der Waals surface area contributed by atoms with Crippen molar-refractivity contribution in [3.63, 3.8) is 0 Å². The number of furan rings is 1. The predicted octanol–water partition coefficient (Wildman–Crippen LogP) is 7.17. The number of ether oxygens (including phenoxy) is 2. The van der Waals surface area contributed by atoms with E-state index in [1.54, 1.807) is 37.3 Å². The average Bonchev–Trinajstić information content (AvgIpc) is 3.65. The van der Waals surface area contributed by atoms with Crippen molar-refractivity contribution >= 4 is 38.4 Å². The number of aromatic nitrogens is 1. The number of fused-ring (bicyclic) bond motifs is 1. The van der Waals surface area contributed by atoms with Gasteiger partial charge in [0, 0.05) is 0 Å². The quantitative estimate of drug-likeness (QED) is 0.204. The van der Waals surface area contributed by atoms with E-state index in [0.717, 1.165) is 4.70 Å². The van der Waals surface area contributed by atoms with E-state index < -0.39 is 23.5 Å². The van der Waals surface area contributed by atoms with Crippen molar-refractivity contribution < 1.29 is 28.6 Å². The van der Waals surface area contributed by atoms with Gasteiger partial charge in [0.05, 0.1) is 28.4 Å². The Morgan fingerprint density at radius 1 is 1.00 bits per heavy atom. The molecule has 9 heteroatoms. The Morgan fingerprint density at radius 3 is 2.55 bits per heavy atom. The van der Waals surface area contributed by atoms with Crippen molar-refractivity contribution in [2.45, 2.75) is 19.9 Å². The van der Waals surface area contributed by atoms with Crippen LogP contribution >= 0.6 is 11.3 Å². The van der Waals surface area contributed by atoms with Crippen molar-refractivity contribution in [3.8, 4) is 17.2 Å². The molecule has 1 aliphatic rings. The highest BCUT2D eigenvalue weighted by Gasteiger charge is 2.46. The molecule has 1 atom stereocenters. The number of aryl methyl sites for hydroxylation is 1. The van der Waals surface area contributed by atoms with Crippen LogP contribution in [0.3, 0.4) is 0 Å². The molecule has 0 fully saturated rings. The number of rotatable bonds is 8. The number of thiazole rings is 1. The number of carbonyl (C=O) groups is 2. The molecule has 0 radical (unpaired) electrons. The Bertz CT molecular complexity index is 1770. The number of hydrogen-bond acceptors (Lipinski definition) is 8. The number of benzene rings is 3. The minimum Gasteiger partial charge on any atom is -0.503 e. The van der Waals surface area contributed by atoms with Crippen LogP contribution in [-0.2, 0) is 4.79 Å². The standard InChI is InChI=1S/C31H24N2O6S/c1-3-37-21-13-14-23-25(17-21)40-31(32-23)33-27(19-8-7-11-22(16-19)39-20-9-5-4-6-10-20)26(29(35)30(33)36)28(34)24-15-12-18(2)38-24/h4-17,27,35H,3H2,1-2H3. The molecule has 1 amide bonds. The monoisotopic (exact) mass is 552 g/mol. The smallest absolute Gasteiger partial charge is 0.296 e. The summed E-state index contributed by atoms with van der Waals surface area (Å²) in [4.78, 5) is 33.3. The van der Waals surface area contributed by atoms with E-state index in [9.17, 15) is 14.7 Å². The molecule has 0 saturated carbocycles. The van der Waals surface area contributed by atoms with Crippen LogP contribution in [0, 0.1) is 6.92 Å². The van der Waals surface area contributed by atoms with Gasteiger partial charge in [0.25, 0.3) is 5.91 Å². The fourth-order valence-electron chi connectivity index (χ4n) is 4.66. The lowest BCUT2D eigenvalue weighted by Gasteiger charge is -2.24. The average molecular weight is 553 g/mol. The molecule has 1 N–H and O–H groups in total. The van der Waals surface area contributed by atoms with Gasteiger partial charge in [-0.25, -0.2) is 4.98 Å². The van der Waals surface area contributed by atoms with Gasteiger partial charge in [-0.05, 0) is 74.0 Å². The molecule has 8 nitrogen and oxygen atoms in total. The van der Waals surface area contributed by atoms with Gasteiger partial charge in [0.1, 0.15) is 23.0 Å². The molecule has 1 unspecified atom stereocenters. The highest BCUT2D eigenvalue weighted by Crippen LogP contribution is 2.45. The summed E-state index contributed by atoms with van der Waals surface area (Å²) in [6.45, 7) is 4.14. The Kier molecular flexibility index (Phi) is 6.57. The summed E-state index contributed by atoms with van der Waals surface area (Å²) in [6, 6.07) is 24.1. The minimum atomic E-state index is -0.975. The first kappa shape index (κ1) is 25.4. The molecular weight excluding hydrogens is 528 g/mol. The van der Waals surface area contributed by atoms with Crippen molar-refractivity contribution in [3.05, 3.63) is 113 Å². The normalized spacial score (nSPS) is 15.2. The lowest BCUT2D eigenvalue weighted by atomic mass is 9.95. The van der Waals surface area contributed by atoms with Gasteiger partial charge >= 0.3 is 0 Å². The first-order chi connectivity index (χ1) is 19.4. The number of anilines is 1. The number of aliphatic hydroxyl groups is 1. The number of hydrogen-bond donors (Lipinski definition) is 1. The highest BCUT2D eigenvalue weighted by molar-refractivity contribution is 7.22. The van der Waals surface area contributed by atoms with Gasteiger partial charge < -0.3 is 19.0 Å². The maximum Gasteiger partial charge on any atom is 0.296 e. The second-order valence-corrected chi connectivity index (χ2v) is 10.1. The van der Waals surface area contributed by atoms with Gasteiger partial charge in [0.2, 0.25) is 5.78 Å². The summed E-state index contributed by atoms with van der Waals surface area (Å²) < 4.78 is 18.0. The number of Topliss-reactive ketones (excluding diaryl/α,β-unsaturated/α-hetero) is 1. The zero-order valence-corrected chi connectivity index (χ0v) is 22.5. The van der Waals surface area contributed by atoms with Gasteiger partial charge in [-0.15, -0.1) is 0 Å². The third-order valence-corrected chi connectivity index (χ3v) is 7.45. The molecule has 40 heavy (non-hydrogen) atoms. The molecule has 6 rings (SSSR count). The topological polar surface area (TPSA) is 102 Å². The van der Waals surface area contributed by atoms with Gasteiger partial charge in [-0.2, -0.15) is 0 Å². The molecule has 3 heterocycles. The molecule has 0 bridgehead atoms. The maximum absolute atomic E-state index is 13.7. The first-order valence-electron chi connectivity index (χ1n) is 12.7. The number of aliphatic hydroxyl groups excluding tert-OH is 1. The fraction of sp³-hybridized carbons (Fsp3) is 0.129. The van der Waals surface area contributed by atoms with Crippen LogP contribution in [0.15, 0.2) is 101 Å². The van der Waals surface area contributed by atoms with Gasteiger partial charge in [-0.1, -0.05) is 41.7 Å². The van der Waals surface area contributed by atoms with E-state index in [1.807, 2.05) is 55.5 Å². The van der Waals surface area contributed by atoms with E-state index in [0.29, 0.717) is 45.8 Å². The number of amides is 1. The third kappa shape index (κ3) is 4.60. The summed E-state index contributed by atoms with van der Waals surface area (Å²) in [5, 5.41) is 11.4. The fourth-order valence-corrected chi connectivity index (χ4v) is 5.68. The third-order valence-electron chi connectivity index (χ3n) is 6.44. The highest BCUT2D eigenvalue weighted by atomic mass is 32.1. The predicted molar refractivity (Wildman–Crippen MR) is 151 cm³/mol. The largest absolute Gasteiger partial charge is 0.503 e. The lowest BCUT2D eigenvalue weighted by Crippen LogP contribution is -2.31. The van der Waals surface area contributed by atoms with Crippen LogP contribution in [-0.4, -0.2) is 28.4 Å². The molecule has 0 spiro atoms. The van der Waals surface area contributed by atoms with E-state index in [2.05, 4.69) is 4.98 Å². The van der Waals surface area contributed by atoms with E-state index in [1.165, 1.54) is 22.3 Å². The zero-order valence-electron chi connectivity index (χ0n) is 21.7. The number of para-hydroxylation sites is 1. The van der Waals surface area contributed by atoms with Crippen molar-refractivity contribution in [2.75, 3.05) is 11.5 Å². The summed E-state index contributed by atoms with van der Waals surface area (Å²) in [5.74, 6) is 0.440. The van der Waals surface area contributed by atoms with E-state index in [-0.39, 0.29) is 11.3 Å². The number of ketones is 1. The second-order valence-electron chi connectivity index (χ2n) is 9.13. The van der Waals surface area contributed by atoms with Crippen LogP contribution in [0.25, 0.3) is 10.2 Å². The minimum absolute atomic E-state index is 0.0287. The molecule has 3 aromatic carbocycles. The second kappa shape index (κ2) is 10.3. The molecule has 5 aromatic rings. The zero-order chi connectivity index (χ0) is 27.8.